The summed E-state index contributed by atoms with van der Waals surface area (Å²) >= 11 is 1.62. The van der Waals surface area contributed by atoms with Crippen molar-refractivity contribution in [2.45, 2.75) is 18.7 Å². The molecule has 1 saturated heterocycles. The third-order valence-electron chi connectivity index (χ3n) is 2.56. The second-order valence-corrected chi connectivity index (χ2v) is 5.03. The van der Waals surface area contributed by atoms with E-state index in [-0.39, 0.29) is 24.5 Å². The summed E-state index contributed by atoms with van der Waals surface area (Å²) in [6.45, 7) is 1.31. The summed E-state index contributed by atoms with van der Waals surface area (Å²) < 4.78 is 9.59. The zero-order valence-electron chi connectivity index (χ0n) is 9.88. The molecule has 0 aromatic carbocycles. The molecule has 0 aromatic rings. The van der Waals surface area contributed by atoms with Gasteiger partial charge in [-0.05, 0) is 6.08 Å². The second-order valence-electron chi connectivity index (χ2n) is 3.82. The smallest absolute Gasteiger partial charge is 0.354 e. The Labute approximate surface area is 108 Å². The third-order valence-corrected chi connectivity index (χ3v) is 3.68. The van der Waals surface area contributed by atoms with Crippen molar-refractivity contribution < 1.29 is 23.9 Å². The topological polar surface area (TPSA) is 72.9 Å². The number of thioether (sulfide) groups is 1. The molecule has 2 aliphatic heterocycles. The molecule has 98 valence electrons. The van der Waals surface area contributed by atoms with E-state index in [1.165, 1.54) is 11.8 Å². The molecule has 2 rings (SSSR count). The van der Waals surface area contributed by atoms with Gasteiger partial charge >= 0.3 is 11.9 Å². The van der Waals surface area contributed by atoms with Crippen LogP contribution in [0.4, 0.5) is 0 Å². The van der Waals surface area contributed by atoms with Crippen molar-refractivity contribution >= 4 is 29.6 Å². The Morgan fingerprint density at radius 2 is 2.17 bits per heavy atom. The van der Waals surface area contributed by atoms with Gasteiger partial charge in [-0.15, -0.1) is 11.8 Å². The number of esters is 2. The summed E-state index contributed by atoms with van der Waals surface area (Å²) in [7, 11) is 0. The Morgan fingerprint density at radius 1 is 1.44 bits per heavy atom. The van der Waals surface area contributed by atoms with Crippen LogP contribution in [-0.4, -0.2) is 47.1 Å². The van der Waals surface area contributed by atoms with Gasteiger partial charge < -0.3 is 9.47 Å². The first kappa shape index (κ1) is 12.9. The molecule has 0 bridgehead atoms. The lowest BCUT2D eigenvalue weighted by Crippen LogP contribution is -2.53. The first-order chi connectivity index (χ1) is 8.59. The van der Waals surface area contributed by atoms with Crippen molar-refractivity contribution in [1.82, 2.24) is 4.90 Å². The van der Waals surface area contributed by atoms with Crippen LogP contribution in [0.5, 0.6) is 0 Å². The van der Waals surface area contributed by atoms with E-state index in [9.17, 15) is 14.4 Å². The first-order valence-corrected chi connectivity index (χ1v) is 6.59. The van der Waals surface area contributed by atoms with E-state index in [0.717, 1.165) is 0 Å². The third kappa shape index (κ3) is 2.66. The molecule has 1 atom stereocenters. The highest BCUT2D eigenvalue weighted by Crippen LogP contribution is 2.37. The lowest BCUT2D eigenvalue weighted by atomic mass is 10.1. The van der Waals surface area contributed by atoms with E-state index in [2.05, 4.69) is 4.74 Å². The maximum absolute atomic E-state index is 11.7. The average molecular weight is 271 g/mol. The highest BCUT2D eigenvalue weighted by Gasteiger charge is 2.43. The summed E-state index contributed by atoms with van der Waals surface area (Å²) in [4.78, 5) is 35.1. The molecule has 0 saturated carbocycles. The fourth-order valence-corrected chi connectivity index (χ4v) is 2.84. The fourth-order valence-electron chi connectivity index (χ4n) is 1.72. The van der Waals surface area contributed by atoms with Crippen LogP contribution >= 0.6 is 11.8 Å². The van der Waals surface area contributed by atoms with Crippen LogP contribution in [0.3, 0.4) is 0 Å². The minimum absolute atomic E-state index is 0.00437. The highest BCUT2D eigenvalue weighted by molar-refractivity contribution is 8.00. The molecule has 0 aromatic heterocycles. The number of nitrogens with zero attached hydrogens (tertiary/aromatic N) is 1. The molecular weight excluding hydrogens is 258 g/mol. The van der Waals surface area contributed by atoms with Crippen molar-refractivity contribution in [3.8, 4) is 0 Å². The number of hydrogen-bond donors (Lipinski definition) is 0. The zero-order chi connectivity index (χ0) is 13.1. The van der Waals surface area contributed by atoms with Crippen molar-refractivity contribution in [2.75, 3.05) is 19.0 Å². The van der Waals surface area contributed by atoms with Crippen LogP contribution in [0.15, 0.2) is 11.8 Å². The van der Waals surface area contributed by atoms with Crippen LogP contribution in [-0.2, 0) is 23.9 Å². The van der Waals surface area contributed by atoms with E-state index >= 15 is 0 Å². The SMILES string of the molecule is CC(=O)OCCOC(=O)C1=CCS[C@@H]2CC(=O)N12. The van der Waals surface area contributed by atoms with E-state index in [4.69, 9.17) is 4.74 Å². The van der Waals surface area contributed by atoms with E-state index in [1.54, 1.807) is 17.8 Å². The minimum Gasteiger partial charge on any atom is -0.462 e. The lowest BCUT2D eigenvalue weighted by molar-refractivity contribution is -0.152. The Balaban J connectivity index is 1.83. The Kier molecular flexibility index (Phi) is 3.90. The van der Waals surface area contributed by atoms with Gasteiger partial charge in [0.15, 0.2) is 0 Å². The Hall–Kier alpha value is -1.50. The van der Waals surface area contributed by atoms with E-state index < -0.39 is 11.9 Å². The zero-order valence-corrected chi connectivity index (χ0v) is 10.7. The molecule has 0 aliphatic carbocycles. The Morgan fingerprint density at radius 3 is 2.83 bits per heavy atom. The van der Waals surface area contributed by atoms with Gasteiger partial charge in [-0.3, -0.25) is 14.5 Å². The summed E-state index contributed by atoms with van der Waals surface area (Å²) in [6.07, 6.45) is 2.16. The maximum Gasteiger partial charge on any atom is 0.354 e. The summed E-state index contributed by atoms with van der Waals surface area (Å²) in [5, 5.41) is 0.0681. The molecule has 1 amide bonds. The number of fused-ring (bicyclic) bond motifs is 1. The molecule has 0 spiro atoms. The van der Waals surface area contributed by atoms with Gasteiger partial charge in [0.25, 0.3) is 0 Å². The number of β-lactam (4-membered cyclic amide) rings is 1. The predicted octanol–water partition coefficient (Wildman–Crippen LogP) is 0.282. The van der Waals surface area contributed by atoms with Crippen LogP contribution in [0.1, 0.15) is 13.3 Å². The molecule has 18 heavy (non-hydrogen) atoms. The van der Waals surface area contributed by atoms with Crippen LogP contribution in [0.25, 0.3) is 0 Å². The maximum atomic E-state index is 11.7. The molecular formula is C11H13NO5S. The lowest BCUT2D eigenvalue weighted by Gasteiger charge is -2.42. The molecule has 1 fully saturated rings. The quantitative estimate of drug-likeness (QED) is 0.415. The standard InChI is InChI=1S/C11H13NO5S/c1-7(13)16-3-4-17-11(15)8-2-5-18-10-6-9(14)12(8)10/h2,10H,3-6H2,1H3/t10-/m1/s1. The van der Waals surface area contributed by atoms with Crippen LogP contribution in [0, 0.1) is 0 Å². The van der Waals surface area contributed by atoms with Crippen molar-refractivity contribution in [2.24, 2.45) is 0 Å². The molecule has 0 radical (unpaired) electrons. The second kappa shape index (κ2) is 5.43. The molecule has 0 unspecified atom stereocenters. The van der Waals surface area contributed by atoms with Gasteiger partial charge in [0.2, 0.25) is 5.91 Å². The predicted molar refractivity (Wildman–Crippen MR) is 63.4 cm³/mol. The van der Waals surface area contributed by atoms with Gasteiger partial charge in [-0.2, -0.15) is 0 Å². The summed E-state index contributed by atoms with van der Waals surface area (Å²) in [5.74, 6) is -0.323. The Bertz CT molecular complexity index is 420. The van der Waals surface area contributed by atoms with Gasteiger partial charge in [0.1, 0.15) is 18.9 Å². The number of carbonyl (C=O) groups excluding carboxylic acids is 3. The van der Waals surface area contributed by atoms with Crippen molar-refractivity contribution in [3.05, 3.63) is 11.8 Å². The molecule has 7 heteroatoms. The number of rotatable bonds is 4. The van der Waals surface area contributed by atoms with Gasteiger partial charge in [0.05, 0.1) is 11.8 Å². The average Bonchev–Trinajstić information content (AvgIpc) is 2.32. The molecule has 2 heterocycles. The number of amides is 1. The summed E-state index contributed by atoms with van der Waals surface area (Å²) in [6, 6.07) is 0. The number of ether oxygens (including phenoxy) is 2. The van der Waals surface area contributed by atoms with Crippen molar-refractivity contribution in [3.63, 3.8) is 0 Å². The first-order valence-electron chi connectivity index (χ1n) is 5.54. The molecule has 2 aliphatic rings. The molecule has 6 nitrogen and oxygen atoms in total. The van der Waals surface area contributed by atoms with Gasteiger partial charge in [0, 0.05) is 12.7 Å². The normalized spacial score (nSPS) is 21.6. The van der Waals surface area contributed by atoms with Crippen molar-refractivity contribution in [1.29, 1.82) is 0 Å². The van der Waals surface area contributed by atoms with Crippen LogP contribution in [0.2, 0.25) is 0 Å². The monoisotopic (exact) mass is 271 g/mol. The summed E-state index contributed by atoms with van der Waals surface area (Å²) in [5.41, 5.74) is 0.304. The van der Waals surface area contributed by atoms with E-state index in [0.29, 0.717) is 17.9 Å². The number of hydrogen-bond acceptors (Lipinski definition) is 6. The fraction of sp³-hybridized carbons (Fsp3) is 0.545. The highest BCUT2D eigenvalue weighted by atomic mass is 32.2. The van der Waals surface area contributed by atoms with Gasteiger partial charge in [-0.25, -0.2) is 4.79 Å². The minimum atomic E-state index is -0.541. The van der Waals surface area contributed by atoms with Gasteiger partial charge in [-0.1, -0.05) is 0 Å². The molecule has 0 N–H and O–H groups in total. The number of carbonyl (C=O) groups is 3. The largest absolute Gasteiger partial charge is 0.462 e. The van der Waals surface area contributed by atoms with E-state index in [1.807, 2.05) is 0 Å². The van der Waals surface area contributed by atoms with Crippen LogP contribution < -0.4 is 0 Å².